The first kappa shape index (κ1) is 42.6. The third-order valence-electron chi connectivity index (χ3n) is 11.7. The summed E-state index contributed by atoms with van der Waals surface area (Å²) < 4.78 is 21.5. The minimum Gasteiger partial charge on any atom is -0.444 e. The Balaban J connectivity index is 0.906. The lowest BCUT2D eigenvalue weighted by Crippen LogP contribution is -2.51. The molecule has 7 rings (SSSR count). The van der Waals surface area contributed by atoms with Gasteiger partial charge in [0.15, 0.2) is 0 Å². The number of alkyl carbamates (subject to hydrolysis) is 2. The number of hydrogen-bond acceptors (Lipinski definition) is 10. The molecule has 6 atom stereocenters. The second-order valence-corrected chi connectivity index (χ2v) is 16.8. The molecule has 0 aliphatic carbocycles. The number of rotatable bonds is 13. The Labute approximate surface area is 350 Å². The highest BCUT2D eigenvalue weighted by Gasteiger charge is 2.39. The molecular formula is C44H57N7O9. The maximum atomic E-state index is 13.8. The Hall–Kier alpha value is -5.48. The van der Waals surface area contributed by atoms with Crippen LogP contribution in [0.2, 0.25) is 0 Å². The van der Waals surface area contributed by atoms with E-state index in [0.717, 1.165) is 35.2 Å². The van der Waals surface area contributed by atoms with Crippen LogP contribution >= 0.6 is 0 Å². The van der Waals surface area contributed by atoms with Gasteiger partial charge in [0.1, 0.15) is 30.1 Å². The first-order valence-corrected chi connectivity index (χ1v) is 21.2. The number of imidazole rings is 1. The predicted molar refractivity (Wildman–Crippen MR) is 221 cm³/mol. The van der Waals surface area contributed by atoms with Crippen LogP contribution in [0.4, 0.5) is 15.3 Å². The number of amides is 5. The SMILES string of the molecule is CC(C)[C@H](NC(=O)O[C@H]1CCOC1)C(=O)N1CC[C@H](C(=O)Nc2ccc(-c3ccc(-c4cnc([C@@H]5CCCN5C(=O)[C@H](NC(=O)O[C@H]5CCOC5)C(C)C)[nH]4)cc3)cc2)C1. The number of likely N-dealkylation sites (tertiary alicyclic amines) is 2. The number of aromatic amines is 1. The largest absolute Gasteiger partial charge is 0.444 e. The summed E-state index contributed by atoms with van der Waals surface area (Å²) in [6.45, 7) is 10.6. The number of H-pyrrole nitrogens is 1. The molecule has 5 amide bonds. The molecule has 16 nitrogen and oxygen atoms in total. The van der Waals surface area contributed by atoms with Gasteiger partial charge in [-0.05, 0) is 59.9 Å². The highest BCUT2D eigenvalue weighted by molar-refractivity contribution is 5.94. The van der Waals surface area contributed by atoms with Crippen molar-refractivity contribution in [2.75, 3.05) is 51.4 Å². The fraction of sp³-hybridized carbons (Fsp3) is 0.545. The van der Waals surface area contributed by atoms with E-state index in [-0.39, 0.29) is 60.3 Å². The minimum absolute atomic E-state index is 0.140. The van der Waals surface area contributed by atoms with Gasteiger partial charge in [0.05, 0.1) is 50.3 Å². The van der Waals surface area contributed by atoms with E-state index in [2.05, 4.69) is 25.9 Å². The average molecular weight is 828 g/mol. The van der Waals surface area contributed by atoms with Gasteiger partial charge in [0.25, 0.3) is 0 Å². The molecule has 2 aromatic carbocycles. The molecule has 3 aromatic rings. The predicted octanol–water partition coefficient (Wildman–Crippen LogP) is 5.27. The molecule has 0 spiro atoms. The fourth-order valence-electron chi connectivity index (χ4n) is 8.21. The monoisotopic (exact) mass is 827 g/mol. The van der Waals surface area contributed by atoms with Crippen molar-refractivity contribution in [2.24, 2.45) is 17.8 Å². The van der Waals surface area contributed by atoms with Gasteiger partial charge in [-0.2, -0.15) is 0 Å². The molecule has 4 fully saturated rings. The molecule has 60 heavy (non-hydrogen) atoms. The number of carbonyl (C=O) groups is 5. The van der Waals surface area contributed by atoms with Crippen LogP contribution in [-0.4, -0.2) is 120 Å². The first-order chi connectivity index (χ1) is 28.9. The van der Waals surface area contributed by atoms with Crippen LogP contribution in [0.25, 0.3) is 22.4 Å². The number of benzene rings is 2. The van der Waals surface area contributed by atoms with Crippen LogP contribution in [0.5, 0.6) is 0 Å². The third-order valence-corrected chi connectivity index (χ3v) is 11.7. The van der Waals surface area contributed by atoms with Crippen molar-refractivity contribution in [1.82, 2.24) is 30.4 Å². The van der Waals surface area contributed by atoms with Crippen LogP contribution in [0, 0.1) is 17.8 Å². The van der Waals surface area contributed by atoms with Crippen molar-refractivity contribution in [2.45, 2.75) is 90.1 Å². The second-order valence-electron chi connectivity index (χ2n) is 16.8. The van der Waals surface area contributed by atoms with E-state index >= 15 is 0 Å². The molecular weight excluding hydrogens is 771 g/mol. The summed E-state index contributed by atoms with van der Waals surface area (Å²) in [6.07, 6.45) is 3.31. The van der Waals surface area contributed by atoms with Crippen LogP contribution in [-0.2, 0) is 33.3 Å². The fourth-order valence-corrected chi connectivity index (χ4v) is 8.21. The molecule has 4 saturated heterocycles. The van der Waals surface area contributed by atoms with Crippen molar-refractivity contribution in [3.8, 4) is 22.4 Å². The zero-order chi connectivity index (χ0) is 42.3. The van der Waals surface area contributed by atoms with Gasteiger partial charge in [-0.15, -0.1) is 0 Å². The van der Waals surface area contributed by atoms with Gasteiger partial charge in [-0.1, -0.05) is 64.1 Å². The molecule has 322 valence electrons. The van der Waals surface area contributed by atoms with Crippen molar-refractivity contribution >= 4 is 35.6 Å². The smallest absolute Gasteiger partial charge is 0.408 e. The summed E-state index contributed by atoms with van der Waals surface area (Å²) in [5.41, 5.74) is 4.40. The number of carbonyl (C=O) groups excluding carboxylic acids is 5. The van der Waals surface area contributed by atoms with Crippen molar-refractivity contribution < 1.29 is 42.9 Å². The van der Waals surface area contributed by atoms with E-state index in [0.29, 0.717) is 70.3 Å². The lowest BCUT2D eigenvalue weighted by molar-refractivity contribution is -0.135. The summed E-state index contributed by atoms with van der Waals surface area (Å²) in [5, 5.41) is 8.53. The van der Waals surface area contributed by atoms with E-state index in [4.69, 9.17) is 18.9 Å². The zero-order valence-electron chi connectivity index (χ0n) is 34.8. The lowest BCUT2D eigenvalue weighted by Gasteiger charge is -2.30. The number of nitrogens with zero attached hydrogens (tertiary/aromatic N) is 3. The maximum absolute atomic E-state index is 13.8. The van der Waals surface area contributed by atoms with E-state index in [9.17, 15) is 24.0 Å². The van der Waals surface area contributed by atoms with Crippen LogP contribution in [0.15, 0.2) is 54.7 Å². The van der Waals surface area contributed by atoms with Crippen LogP contribution in [0.3, 0.4) is 0 Å². The summed E-state index contributed by atoms with van der Waals surface area (Å²) in [7, 11) is 0. The number of ether oxygens (including phenoxy) is 4. The third kappa shape index (κ3) is 10.3. The van der Waals surface area contributed by atoms with Gasteiger partial charge in [0.2, 0.25) is 17.7 Å². The van der Waals surface area contributed by atoms with E-state index in [1.165, 1.54) is 0 Å². The van der Waals surface area contributed by atoms with Gasteiger partial charge in [-0.25, -0.2) is 14.6 Å². The number of anilines is 1. The minimum atomic E-state index is -0.760. The second kappa shape index (κ2) is 19.3. The molecule has 0 unspecified atom stereocenters. The van der Waals surface area contributed by atoms with Gasteiger partial charge in [0, 0.05) is 38.2 Å². The molecule has 5 heterocycles. The first-order valence-electron chi connectivity index (χ1n) is 21.2. The molecule has 1 aromatic heterocycles. The van der Waals surface area contributed by atoms with Gasteiger partial charge in [-0.3, -0.25) is 14.4 Å². The van der Waals surface area contributed by atoms with Crippen LogP contribution < -0.4 is 16.0 Å². The Morgan fingerprint density at radius 2 is 1.30 bits per heavy atom. The summed E-state index contributed by atoms with van der Waals surface area (Å²) >= 11 is 0. The summed E-state index contributed by atoms with van der Waals surface area (Å²) in [4.78, 5) is 77.2. The summed E-state index contributed by atoms with van der Waals surface area (Å²) in [6, 6.07) is 14.0. The molecule has 4 aliphatic heterocycles. The Bertz CT molecular complexity index is 1970. The topological polar surface area (TPSA) is 194 Å². The molecule has 0 radical (unpaired) electrons. The summed E-state index contributed by atoms with van der Waals surface area (Å²) in [5.74, 6) is -0.519. The highest BCUT2D eigenvalue weighted by Crippen LogP contribution is 2.33. The maximum Gasteiger partial charge on any atom is 0.408 e. The molecule has 4 aliphatic rings. The van der Waals surface area contributed by atoms with Crippen molar-refractivity contribution in [3.05, 3.63) is 60.6 Å². The Kier molecular flexibility index (Phi) is 13.7. The Morgan fingerprint density at radius 3 is 1.87 bits per heavy atom. The Morgan fingerprint density at radius 1 is 0.733 bits per heavy atom. The lowest BCUT2D eigenvalue weighted by atomic mass is 10.0. The van der Waals surface area contributed by atoms with E-state index in [1.807, 2.05) is 81.1 Å². The quantitative estimate of drug-likeness (QED) is 0.176. The van der Waals surface area contributed by atoms with Gasteiger partial charge >= 0.3 is 12.2 Å². The molecule has 0 saturated carbocycles. The average Bonchev–Trinajstić information content (AvgIpc) is 4.09. The standard InChI is InChI=1S/C44H57N7O9/c1-26(2)37(48-43(55)59-33-16-20-57-24-33)41(53)50-19-15-31(23-50)40(52)46-32-13-11-29(12-14-32)28-7-9-30(10-8-28)35-22-45-39(47-35)36-6-5-18-51(36)42(54)38(27(3)4)49-44(56)60-34-17-21-58-25-34/h7-14,22,26-27,31,33-34,36-38H,5-6,15-21,23-25H2,1-4H3,(H,45,47)(H,46,52)(H,48,55)(H,49,56)/t31-,33-,34-,36-,37-,38+/m0/s1. The zero-order valence-corrected chi connectivity index (χ0v) is 34.8. The van der Waals surface area contributed by atoms with Crippen molar-refractivity contribution in [3.63, 3.8) is 0 Å². The van der Waals surface area contributed by atoms with Crippen molar-refractivity contribution in [1.29, 1.82) is 0 Å². The number of nitrogens with one attached hydrogen (secondary N) is 4. The number of hydrogen-bond donors (Lipinski definition) is 4. The molecule has 0 bridgehead atoms. The number of aromatic nitrogens is 2. The highest BCUT2D eigenvalue weighted by atomic mass is 16.6. The molecule has 16 heteroatoms. The molecule has 4 N–H and O–H groups in total. The van der Waals surface area contributed by atoms with Gasteiger partial charge < -0.3 is 49.7 Å². The van der Waals surface area contributed by atoms with Crippen LogP contribution in [0.1, 0.15) is 71.7 Å². The normalized spacial score (nSPS) is 22.5. The van der Waals surface area contributed by atoms with E-state index in [1.54, 1.807) is 11.1 Å². The van der Waals surface area contributed by atoms with E-state index < -0.39 is 24.3 Å².